The van der Waals surface area contributed by atoms with Gasteiger partial charge in [-0.25, -0.2) is 9.97 Å². The zero-order valence-corrected chi connectivity index (χ0v) is 12.1. The van der Waals surface area contributed by atoms with Gasteiger partial charge in [-0.05, 0) is 19.1 Å². The minimum atomic E-state index is 0.720. The van der Waals surface area contributed by atoms with Crippen molar-refractivity contribution in [2.45, 2.75) is 6.92 Å². The van der Waals surface area contributed by atoms with Crippen LogP contribution in [0.3, 0.4) is 0 Å². The average molecular weight is 281 g/mol. The minimum Gasteiger partial charge on any atom is -0.497 e. The number of aromatic nitrogens is 3. The van der Waals surface area contributed by atoms with Crippen LogP contribution in [0.15, 0.2) is 36.7 Å². The highest BCUT2D eigenvalue weighted by molar-refractivity contribution is 5.88. The van der Waals surface area contributed by atoms with Crippen molar-refractivity contribution in [2.24, 2.45) is 0 Å². The van der Waals surface area contributed by atoms with Crippen molar-refractivity contribution in [3.05, 3.63) is 42.4 Å². The van der Waals surface area contributed by atoms with E-state index in [-0.39, 0.29) is 0 Å². The van der Waals surface area contributed by atoms with Gasteiger partial charge in [0.05, 0.1) is 37.3 Å². The minimum absolute atomic E-state index is 0.720. The van der Waals surface area contributed by atoms with E-state index in [4.69, 9.17) is 9.47 Å². The van der Waals surface area contributed by atoms with Crippen LogP contribution in [-0.4, -0.2) is 29.2 Å². The molecule has 0 radical (unpaired) electrons. The smallest absolute Gasteiger partial charge is 0.130 e. The number of pyridine rings is 1. The normalized spacial score (nSPS) is 10.6. The van der Waals surface area contributed by atoms with E-state index in [1.165, 1.54) is 0 Å². The largest absolute Gasteiger partial charge is 0.497 e. The molecule has 3 rings (SSSR count). The Hall–Kier alpha value is -2.69. The standard InChI is InChI=1S/C16H15N3O2/c1-10-8-17-9-15(18-10)14-7-16(21-3)12-5-4-11(20-2)6-13(12)19-14/h4-9H,1-3H3. The number of methoxy groups -OCH3 is 2. The van der Waals surface area contributed by atoms with E-state index in [0.29, 0.717) is 0 Å². The fourth-order valence-corrected chi connectivity index (χ4v) is 2.19. The first-order valence-electron chi connectivity index (χ1n) is 6.53. The second-order valence-electron chi connectivity index (χ2n) is 4.64. The Morgan fingerprint density at radius 2 is 1.76 bits per heavy atom. The molecule has 0 amide bonds. The lowest BCUT2D eigenvalue weighted by Gasteiger charge is -2.09. The van der Waals surface area contributed by atoms with Crippen LogP contribution in [0.4, 0.5) is 0 Å². The summed E-state index contributed by atoms with van der Waals surface area (Å²) in [5.74, 6) is 1.51. The van der Waals surface area contributed by atoms with Gasteiger partial charge in [-0.3, -0.25) is 4.98 Å². The first kappa shape index (κ1) is 13.3. The molecule has 1 aromatic carbocycles. The summed E-state index contributed by atoms with van der Waals surface area (Å²) < 4.78 is 10.7. The molecule has 0 spiro atoms. The number of hydrogen-bond donors (Lipinski definition) is 0. The van der Waals surface area contributed by atoms with E-state index in [2.05, 4.69) is 15.0 Å². The molecule has 0 N–H and O–H groups in total. The molecule has 2 aromatic heterocycles. The quantitative estimate of drug-likeness (QED) is 0.738. The van der Waals surface area contributed by atoms with E-state index in [9.17, 15) is 0 Å². The van der Waals surface area contributed by atoms with E-state index < -0.39 is 0 Å². The number of hydrogen-bond acceptors (Lipinski definition) is 5. The molecule has 0 aliphatic carbocycles. The van der Waals surface area contributed by atoms with E-state index in [0.717, 1.165) is 39.5 Å². The number of ether oxygens (including phenoxy) is 2. The van der Waals surface area contributed by atoms with Gasteiger partial charge in [-0.1, -0.05) is 0 Å². The van der Waals surface area contributed by atoms with Crippen molar-refractivity contribution in [3.63, 3.8) is 0 Å². The van der Waals surface area contributed by atoms with Crippen molar-refractivity contribution in [3.8, 4) is 22.9 Å². The van der Waals surface area contributed by atoms with Crippen molar-refractivity contribution in [1.82, 2.24) is 15.0 Å². The molecule has 5 nitrogen and oxygen atoms in total. The molecule has 0 unspecified atom stereocenters. The van der Waals surface area contributed by atoms with Crippen LogP contribution in [0.1, 0.15) is 5.69 Å². The third kappa shape index (κ3) is 2.50. The van der Waals surface area contributed by atoms with Gasteiger partial charge < -0.3 is 9.47 Å². The summed E-state index contributed by atoms with van der Waals surface area (Å²) in [5.41, 5.74) is 3.09. The van der Waals surface area contributed by atoms with Crippen LogP contribution in [0.5, 0.6) is 11.5 Å². The van der Waals surface area contributed by atoms with Gasteiger partial charge in [0.25, 0.3) is 0 Å². The Balaban J connectivity index is 2.24. The number of nitrogens with zero attached hydrogens (tertiary/aromatic N) is 3. The average Bonchev–Trinajstić information content (AvgIpc) is 2.53. The van der Waals surface area contributed by atoms with Crippen molar-refractivity contribution in [2.75, 3.05) is 14.2 Å². The SMILES string of the molecule is COc1ccc2c(OC)cc(-c3cncc(C)n3)nc2c1. The van der Waals surface area contributed by atoms with E-state index in [1.807, 2.05) is 31.2 Å². The molecule has 0 saturated heterocycles. The van der Waals surface area contributed by atoms with Crippen molar-refractivity contribution < 1.29 is 9.47 Å². The molecule has 0 fully saturated rings. The summed E-state index contributed by atoms with van der Waals surface area (Å²) in [4.78, 5) is 13.3. The first-order chi connectivity index (χ1) is 10.2. The molecule has 5 heteroatoms. The highest BCUT2D eigenvalue weighted by atomic mass is 16.5. The second kappa shape index (κ2) is 5.36. The molecule has 21 heavy (non-hydrogen) atoms. The number of rotatable bonds is 3. The molecule has 0 bridgehead atoms. The lowest BCUT2D eigenvalue weighted by molar-refractivity contribution is 0.414. The molecule has 0 atom stereocenters. The highest BCUT2D eigenvalue weighted by Gasteiger charge is 2.10. The first-order valence-corrected chi connectivity index (χ1v) is 6.53. The third-order valence-corrected chi connectivity index (χ3v) is 3.22. The summed E-state index contributed by atoms with van der Waals surface area (Å²) in [6, 6.07) is 7.58. The van der Waals surface area contributed by atoms with Gasteiger partial charge >= 0.3 is 0 Å². The van der Waals surface area contributed by atoms with Crippen molar-refractivity contribution >= 4 is 10.9 Å². The maximum Gasteiger partial charge on any atom is 0.130 e. The van der Waals surface area contributed by atoms with Crippen LogP contribution >= 0.6 is 0 Å². The van der Waals surface area contributed by atoms with Gasteiger partial charge in [0, 0.05) is 23.7 Å². The molecule has 0 aliphatic rings. The number of aryl methyl sites for hydroxylation is 1. The lowest BCUT2D eigenvalue weighted by atomic mass is 10.1. The molecular weight excluding hydrogens is 266 g/mol. The van der Waals surface area contributed by atoms with Gasteiger partial charge in [0.1, 0.15) is 17.2 Å². The fraction of sp³-hybridized carbons (Fsp3) is 0.188. The summed E-state index contributed by atoms with van der Waals surface area (Å²) in [5, 5.41) is 0.933. The zero-order chi connectivity index (χ0) is 14.8. The molecule has 3 aromatic rings. The van der Waals surface area contributed by atoms with Crippen LogP contribution in [0.2, 0.25) is 0 Å². The molecule has 0 saturated carbocycles. The highest BCUT2D eigenvalue weighted by Crippen LogP contribution is 2.31. The zero-order valence-electron chi connectivity index (χ0n) is 12.1. The lowest BCUT2D eigenvalue weighted by Crippen LogP contribution is -1.95. The van der Waals surface area contributed by atoms with Gasteiger partial charge in [-0.15, -0.1) is 0 Å². The third-order valence-electron chi connectivity index (χ3n) is 3.22. The molecular formula is C16H15N3O2. The Morgan fingerprint density at radius 1 is 0.905 bits per heavy atom. The summed E-state index contributed by atoms with van der Waals surface area (Å²) in [6.07, 6.45) is 3.41. The predicted octanol–water partition coefficient (Wildman–Crippen LogP) is 3.02. The van der Waals surface area contributed by atoms with Crippen LogP contribution in [0, 0.1) is 6.92 Å². The topological polar surface area (TPSA) is 57.1 Å². The number of benzene rings is 1. The van der Waals surface area contributed by atoms with Crippen LogP contribution < -0.4 is 9.47 Å². The van der Waals surface area contributed by atoms with E-state index >= 15 is 0 Å². The maximum atomic E-state index is 5.46. The fourth-order valence-electron chi connectivity index (χ4n) is 2.19. The van der Waals surface area contributed by atoms with Crippen molar-refractivity contribution in [1.29, 1.82) is 0 Å². The Bertz CT molecular complexity index is 803. The van der Waals surface area contributed by atoms with Gasteiger partial charge in [0.15, 0.2) is 0 Å². The monoisotopic (exact) mass is 281 g/mol. The Morgan fingerprint density at radius 3 is 2.48 bits per heavy atom. The number of fused-ring (bicyclic) bond motifs is 1. The maximum absolute atomic E-state index is 5.46. The van der Waals surface area contributed by atoms with Gasteiger partial charge in [0.2, 0.25) is 0 Å². The van der Waals surface area contributed by atoms with E-state index in [1.54, 1.807) is 26.6 Å². The Labute approximate surface area is 122 Å². The predicted molar refractivity (Wildman–Crippen MR) is 80.6 cm³/mol. The molecule has 106 valence electrons. The molecule has 2 heterocycles. The Kier molecular flexibility index (Phi) is 3.39. The van der Waals surface area contributed by atoms with Gasteiger partial charge in [-0.2, -0.15) is 0 Å². The summed E-state index contributed by atoms with van der Waals surface area (Å²) >= 11 is 0. The molecule has 0 aliphatic heterocycles. The second-order valence-corrected chi connectivity index (χ2v) is 4.64. The van der Waals surface area contributed by atoms with Crippen LogP contribution in [-0.2, 0) is 0 Å². The summed E-state index contributed by atoms with van der Waals surface area (Å²) in [6.45, 7) is 1.90. The summed E-state index contributed by atoms with van der Waals surface area (Å²) in [7, 11) is 3.28. The van der Waals surface area contributed by atoms with Crippen LogP contribution in [0.25, 0.3) is 22.3 Å².